The predicted octanol–water partition coefficient (Wildman–Crippen LogP) is 5.16. The molecule has 132 valence electrons. The minimum Gasteiger partial charge on any atom is -0.385 e. The number of rotatable bonds is 2. The van der Waals surface area contributed by atoms with E-state index in [2.05, 4.69) is 22.9 Å². The van der Waals surface area contributed by atoms with Gasteiger partial charge in [0.05, 0.1) is 5.60 Å². The van der Waals surface area contributed by atoms with Gasteiger partial charge in [0.2, 0.25) is 0 Å². The predicted molar refractivity (Wildman–Crippen MR) is 99.7 cm³/mol. The molecule has 4 rings (SSSR count). The van der Waals surface area contributed by atoms with E-state index >= 15 is 0 Å². The van der Waals surface area contributed by atoms with Crippen LogP contribution in [-0.4, -0.2) is 16.5 Å². The van der Waals surface area contributed by atoms with Crippen molar-refractivity contribution in [3.05, 3.63) is 22.7 Å². The van der Waals surface area contributed by atoms with Crippen LogP contribution in [0.4, 0.5) is 0 Å². The van der Waals surface area contributed by atoms with Crippen molar-refractivity contribution >= 4 is 21.7 Å². The number of halogens is 1. The minimum atomic E-state index is -0.639. The van der Waals surface area contributed by atoms with Gasteiger partial charge in [-0.2, -0.15) is 0 Å². The molecular weight excluding hydrogens is 364 g/mol. The Labute approximate surface area is 153 Å². The third-order valence-electron chi connectivity index (χ3n) is 8.18. The molecule has 0 aromatic carbocycles. The Morgan fingerprint density at radius 3 is 2.79 bits per heavy atom. The van der Waals surface area contributed by atoms with Gasteiger partial charge in [-0.05, 0) is 92.2 Å². The lowest BCUT2D eigenvalue weighted by molar-refractivity contribution is -0.117. The second-order valence-electron chi connectivity index (χ2n) is 8.61. The van der Waals surface area contributed by atoms with Gasteiger partial charge in [0.15, 0.2) is 5.78 Å². The molecule has 0 aromatic heterocycles. The average Bonchev–Trinajstić information content (AvgIpc) is 2.88. The molecule has 3 saturated carbocycles. The van der Waals surface area contributed by atoms with E-state index in [1.807, 2.05) is 17.1 Å². The second kappa shape index (κ2) is 6.09. The Kier molecular flexibility index (Phi) is 4.32. The van der Waals surface area contributed by atoms with Gasteiger partial charge >= 0.3 is 0 Å². The molecule has 0 heterocycles. The standard InChI is InChI=1S/C21H29BrO2/c1-2-20-9-7-17-16-6-4-15(23)13-14(16)3-5-18(17)19(20)8-10-21(20,24)11-12-22/h11-13,16-19,24H,2-10H2,1H3/b12-11+/t16-,17+,18+,19-,20-,21+/m0/s1. The molecule has 0 radical (unpaired) electrons. The molecule has 3 fully saturated rings. The summed E-state index contributed by atoms with van der Waals surface area (Å²) in [5, 5.41) is 11.4. The first kappa shape index (κ1) is 17.0. The highest BCUT2D eigenvalue weighted by molar-refractivity contribution is 9.11. The van der Waals surface area contributed by atoms with E-state index in [0.717, 1.165) is 56.8 Å². The van der Waals surface area contributed by atoms with E-state index in [1.54, 1.807) is 0 Å². The van der Waals surface area contributed by atoms with Gasteiger partial charge < -0.3 is 5.11 Å². The van der Waals surface area contributed by atoms with Crippen LogP contribution in [0.2, 0.25) is 0 Å². The molecule has 4 aliphatic carbocycles. The fourth-order valence-corrected chi connectivity index (χ4v) is 7.58. The zero-order valence-electron chi connectivity index (χ0n) is 14.6. The van der Waals surface area contributed by atoms with Gasteiger partial charge in [-0.15, -0.1) is 0 Å². The van der Waals surface area contributed by atoms with Crippen molar-refractivity contribution < 1.29 is 9.90 Å². The lowest BCUT2D eigenvalue weighted by Gasteiger charge is -2.56. The van der Waals surface area contributed by atoms with Crippen LogP contribution in [0.5, 0.6) is 0 Å². The maximum Gasteiger partial charge on any atom is 0.155 e. The van der Waals surface area contributed by atoms with Crippen LogP contribution in [-0.2, 0) is 4.79 Å². The number of carbonyl (C=O) groups excluding carboxylic acids is 1. The summed E-state index contributed by atoms with van der Waals surface area (Å²) in [5.41, 5.74) is 0.869. The van der Waals surface area contributed by atoms with Gasteiger partial charge in [-0.1, -0.05) is 28.4 Å². The molecule has 0 saturated heterocycles. The van der Waals surface area contributed by atoms with E-state index in [9.17, 15) is 9.90 Å². The quantitative estimate of drug-likeness (QED) is 0.704. The van der Waals surface area contributed by atoms with Crippen LogP contribution in [0.15, 0.2) is 22.7 Å². The van der Waals surface area contributed by atoms with Crippen LogP contribution in [0.25, 0.3) is 0 Å². The van der Waals surface area contributed by atoms with Crippen molar-refractivity contribution in [1.29, 1.82) is 0 Å². The zero-order chi connectivity index (χ0) is 16.9. The summed E-state index contributed by atoms with van der Waals surface area (Å²) in [6.07, 6.45) is 13.7. The maximum absolute atomic E-state index is 11.8. The first-order valence-corrected chi connectivity index (χ1v) is 10.7. The monoisotopic (exact) mass is 392 g/mol. The van der Waals surface area contributed by atoms with Crippen LogP contribution >= 0.6 is 15.9 Å². The topological polar surface area (TPSA) is 37.3 Å². The Morgan fingerprint density at radius 1 is 1.21 bits per heavy atom. The summed E-state index contributed by atoms with van der Waals surface area (Å²) in [4.78, 5) is 13.7. The maximum atomic E-state index is 11.8. The highest BCUT2D eigenvalue weighted by atomic mass is 79.9. The normalized spacial score (nSPS) is 48.0. The van der Waals surface area contributed by atoms with Crippen LogP contribution in [0.3, 0.4) is 0 Å². The van der Waals surface area contributed by atoms with Crippen molar-refractivity contribution in [3.63, 3.8) is 0 Å². The lowest BCUT2D eigenvalue weighted by atomic mass is 9.49. The Hall–Kier alpha value is -0.410. The summed E-state index contributed by atoms with van der Waals surface area (Å²) in [6.45, 7) is 2.28. The summed E-state index contributed by atoms with van der Waals surface area (Å²) >= 11 is 3.40. The molecule has 0 aliphatic heterocycles. The average molecular weight is 393 g/mol. The number of fused-ring (bicyclic) bond motifs is 5. The largest absolute Gasteiger partial charge is 0.385 e. The summed E-state index contributed by atoms with van der Waals surface area (Å²) in [5.74, 6) is 3.13. The van der Waals surface area contributed by atoms with E-state index in [4.69, 9.17) is 0 Å². The summed E-state index contributed by atoms with van der Waals surface area (Å²) < 4.78 is 0. The first-order chi connectivity index (χ1) is 11.5. The molecule has 1 N–H and O–H groups in total. The minimum absolute atomic E-state index is 0.0597. The third-order valence-corrected chi connectivity index (χ3v) is 8.44. The zero-order valence-corrected chi connectivity index (χ0v) is 16.2. The van der Waals surface area contributed by atoms with Crippen LogP contribution in [0.1, 0.15) is 64.7 Å². The lowest BCUT2D eigenvalue weighted by Crippen LogP contribution is -2.53. The smallest absolute Gasteiger partial charge is 0.155 e. The van der Waals surface area contributed by atoms with Crippen molar-refractivity contribution in [2.24, 2.45) is 29.1 Å². The molecule has 0 unspecified atom stereocenters. The van der Waals surface area contributed by atoms with E-state index in [-0.39, 0.29) is 5.41 Å². The number of ketones is 1. The van der Waals surface area contributed by atoms with Crippen LogP contribution in [0, 0.1) is 29.1 Å². The SMILES string of the molecule is CC[C@]12CC[C@H]3[C@@H](CCC4=CC(=O)CC[C@@H]43)[C@@H]1CC[C@@]2(O)/C=C/Br. The first-order valence-electron chi connectivity index (χ1n) is 9.78. The second-order valence-corrected chi connectivity index (χ2v) is 9.14. The van der Waals surface area contributed by atoms with Gasteiger partial charge in [0, 0.05) is 11.8 Å². The van der Waals surface area contributed by atoms with E-state index < -0.39 is 5.60 Å². The van der Waals surface area contributed by atoms with Crippen molar-refractivity contribution in [2.75, 3.05) is 0 Å². The van der Waals surface area contributed by atoms with Gasteiger partial charge in [-0.25, -0.2) is 0 Å². The Bertz CT molecular complexity index is 595. The molecule has 0 spiro atoms. The summed E-state index contributed by atoms with van der Waals surface area (Å²) in [6, 6.07) is 0. The number of hydrogen-bond donors (Lipinski definition) is 1. The molecule has 3 heteroatoms. The van der Waals surface area contributed by atoms with E-state index in [1.165, 1.54) is 18.4 Å². The summed E-state index contributed by atoms with van der Waals surface area (Å²) in [7, 11) is 0. The molecule has 2 nitrogen and oxygen atoms in total. The van der Waals surface area contributed by atoms with Gasteiger partial charge in [0.25, 0.3) is 0 Å². The van der Waals surface area contributed by atoms with Crippen molar-refractivity contribution in [1.82, 2.24) is 0 Å². The Morgan fingerprint density at radius 2 is 2.04 bits per heavy atom. The number of aliphatic hydroxyl groups is 1. The van der Waals surface area contributed by atoms with Gasteiger partial charge in [-0.3, -0.25) is 4.79 Å². The van der Waals surface area contributed by atoms with Crippen molar-refractivity contribution in [3.8, 4) is 0 Å². The molecular formula is C21H29BrO2. The van der Waals surface area contributed by atoms with Crippen molar-refractivity contribution in [2.45, 2.75) is 70.3 Å². The highest BCUT2D eigenvalue weighted by Crippen LogP contribution is 2.66. The van der Waals surface area contributed by atoms with Crippen LogP contribution < -0.4 is 0 Å². The third kappa shape index (κ3) is 2.26. The molecule has 4 aliphatic rings. The van der Waals surface area contributed by atoms with E-state index in [0.29, 0.717) is 17.6 Å². The Balaban J connectivity index is 1.66. The number of allylic oxidation sites excluding steroid dienone is 1. The van der Waals surface area contributed by atoms with Gasteiger partial charge in [0.1, 0.15) is 0 Å². The molecule has 0 aromatic rings. The number of hydrogen-bond acceptors (Lipinski definition) is 2. The molecule has 6 atom stereocenters. The molecule has 0 bridgehead atoms. The number of carbonyl (C=O) groups is 1. The molecule has 24 heavy (non-hydrogen) atoms. The fourth-order valence-electron chi connectivity index (χ4n) is 7.15. The highest BCUT2D eigenvalue weighted by Gasteiger charge is 2.62. The fraction of sp³-hybridized carbons (Fsp3) is 0.762. The molecule has 0 amide bonds.